The summed E-state index contributed by atoms with van der Waals surface area (Å²) in [5.74, 6) is 0.0888. The number of hydrogen-bond acceptors (Lipinski definition) is 4. The number of nitrogens with zero attached hydrogens (tertiary/aromatic N) is 2. The minimum absolute atomic E-state index is 0.0888. The zero-order valence-corrected chi connectivity index (χ0v) is 13.0. The number of carbonyl (C=O) groups is 1. The highest BCUT2D eigenvalue weighted by molar-refractivity contribution is 5.99. The van der Waals surface area contributed by atoms with Gasteiger partial charge in [-0.3, -0.25) is 9.78 Å². The predicted molar refractivity (Wildman–Crippen MR) is 83.6 cm³/mol. The summed E-state index contributed by atoms with van der Waals surface area (Å²) in [4.78, 5) is 18.7. The molecule has 0 radical (unpaired) electrons. The van der Waals surface area contributed by atoms with Crippen LogP contribution in [0.1, 0.15) is 43.5 Å². The third-order valence-electron chi connectivity index (χ3n) is 3.75. The fraction of sp³-hybridized carbons (Fsp3) is 0.625. The van der Waals surface area contributed by atoms with Gasteiger partial charge in [-0.15, -0.1) is 0 Å². The number of rotatable bonds is 6. The van der Waals surface area contributed by atoms with Crippen LogP contribution in [0.15, 0.2) is 18.5 Å². The molecule has 2 heterocycles. The van der Waals surface area contributed by atoms with E-state index in [1.807, 2.05) is 11.8 Å². The maximum Gasteiger partial charge on any atom is 0.256 e. The van der Waals surface area contributed by atoms with Gasteiger partial charge in [0, 0.05) is 32.4 Å². The van der Waals surface area contributed by atoms with Crippen molar-refractivity contribution in [2.24, 2.45) is 0 Å². The van der Waals surface area contributed by atoms with Gasteiger partial charge in [0.2, 0.25) is 0 Å². The van der Waals surface area contributed by atoms with Crippen molar-refractivity contribution in [3.8, 4) is 0 Å². The average Bonchev–Trinajstić information content (AvgIpc) is 2.53. The normalized spacial score (nSPS) is 16.0. The number of nitrogens with one attached hydrogen (secondary N) is 1. The highest BCUT2D eigenvalue weighted by atomic mass is 16.5. The van der Waals surface area contributed by atoms with Crippen molar-refractivity contribution in [3.63, 3.8) is 0 Å². The van der Waals surface area contributed by atoms with E-state index < -0.39 is 0 Å². The topological polar surface area (TPSA) is 54.5 Å². The molecule has 0 atom stereocenters. The summed E-state index contributed by atoms with van der Waals surface area (Å²) in [5.41, 5.74) is 1.55. The molecule has 0 spiro atoms. The summed E-state index contributed by atoms with van der Waals surface area (Å²) in [6.45, 7) is 7.23. The number of piperidine rings is 1. The van der Waals surface area contributed by atoms with Gasteiger partial charge in [0.25, 0.3) is 5.91 Å². The van der Waals surface area contributed by atoms with E-state index in [0.717, 1.165) is 51.2 Å². The van der Waals surface area contributed by atoms with Crippen LogP contribution < -0.4 is 5.32 Å². The van der Waals surface area contributed by atoms with Gasteiger partial charge < -0.3 is 15.0 Å². The number of likely N-dealkylation sites (tertiary alicyclic amines) is 1. The number of carbonyl (C=O) groups excluding carboxylic acids is 1. The second kappa shape index (κ2) is 7.98. The van der Waals surface area contributed by atoms with E-state index >= 15 is 0 Å². The van der Waals surface area contributed by atoms with Crippen molar-refractivity contribution >= 4 is 11.6 Å². The summed E-state index contributed by atoms with van der Waals surface area (Å²) in [6.07, 6.45) is 6.56. The minimum atomic E-state index is 0.0888. The van der Waals surface area contributed by atoms with Gasteiger partial charge in [-0.05, 0) is 32.3 Å². The first-order valence-corrected chi connectivity index (χ1v) is 7.85. The Balaban J connectivity index is 2.00. The van der Waals surface area contributed by atoms with Gasteiger partial charge in [0.15, 0.2) is 0 Å². The molecule has 1 aromatic heterocycles. The van der Waals surface area contributed by atoms with Crippen molar-refractivity contribution in [1.29, 1.82) is 0 Å². The Kier molecular flexibility index (Phi) is 5.99. The maximum absolute atomic E-state index is 12.7. The number of pyridine rings is 1. The summed E-state index contributed by atoms with van der Waals surface area (Å²) >= 11 is 0. The van der Waals surface area contributed by atoms with Gasteiger partial charge in [-0.2, -0.15) is 0 Å². The molecule has 1 aromatic rings. The molecule has 1 aliphatic rings. The minimum Gasteiger partial charge on any atom is -0.383 e. The Morgan fingerprint density at radius 3 is 2.86 bits per heavy atom. The van der Waals surface area contributed by atoms with E-state index in [1.165, 1.54) is 0 Å². The molecule has 116 valence electrons. The van der Waals surface area contributed by atoms with Crippen LogP contribution in [0.5, 0.6) is 0 Å². The van der Waals surface area contributed by atoms with Crippen LogP contribution in [0, 0.1) is 0 Å². The summed E-state index contributed by atoms with van der Waals surface area (Å²) in [6, 6.07) is 1.80. The fourth-order valence-corrected chi connectivity index (χ4v) is 2.61. The first-order chi connectivity index (χ1) is 10.3. The zero-order chi connectivity index (χ0) is 15.1. The molecule has 0 saturated carbocycles. The fourth-order valence-electron chi connectivity index (χ4n) is 2.61. The van der Waals surface area contributed by atoms with E-state index in [4.69, 9.17) is 4.74 Å². The smallest absolute Gasteiger partial charge is 0.256 e. The van der Waals surface area contributed by atoms with E-state index in [2.05, 4.69) is 17.2 Å². The standard InChI is InChI=1S/C16H25N3O2/c1-3-8-18-15-12-17-9-5-14(15)16(20)19-10-6-13(7-11-19)21-4-2/h5,9,12-13,18H,3-4,6-8,10-11H2,1-2H3. The van der Waals surface area contributed by atoms with Crippen molar-refractivity contribution in [3.05, 3.63) is 24.0 Å². The van der Waals surface area contributed by atoms with Crippen molar-refractivity contribution in [2.75, 3.05) is 31.6 Å². The van der Waals surface area contributed by atoms with Gasteiger partial charge >= 0.3 is 0 Å². The predicted octanol–water partition coefficient (Wildman–Crippen LogP) is 2.54. The monoisotopic (exact) mass is 291 g/mol. The number of ether oxygens (including phenoxy) is 1. The van der Waals surface area contributed by atoms with Crippen LogP contribution in [0.2, 0.25) is 0 Å². The molecule has 1 amide bonds. The second-order valence-electron chi connectivity index (χ2n) is 5.29. The first kappa shape index (κ1) is 15.8. The molecule has 1 N–H and O–H groups in total. The lowest BCUT2D eigenvalue weighted by Gasteiger charge is -2.32. The summed E-state index contributed by atoms with van der Waals surface area (Å²) in [5, 5.41) is 3.28. The highest BCUT2D eigenvalue weighted by Gasteiger charge is 2.25. The second-order valence-corrected chi connectivity index (χ2v) is 5.29. The van der Waals surface area contributed by atoms with E-state index in [1.54, 1.807) is 18.5 Å². The quantitative estimate of drug-likeness (QED) is 0.875. The molecule has 1 saturated heterocycles. The van der Waals surface area contributed by atoms with Gasteiger partial charge in [-0.1, -0.05) is 6.92 Å². The molecule has 0 aromatic carbocycles. The van der Waals surface area contributed by atoms with Crippen LogP contribution in [0.3, 0.4) is 0 Å². The molecule has 0 unspecified atom stereocenters. The molecule has 2 rings (SSSR count). The third-order valence-corrected chi connectivity index (χ3v) is 3.75. The number of anilines is 1. The SMILES string of the molecule is CCCNc1cnccc1C(=O)N1CCC(OCC)CC1. The highest BCUT2D eigenvalue weighted by Crippen LogP contribution is 2.20. The molecule has 0 aliphatic carbocycles. The van der Waals surface area contributed by atoms with Crippen molar-refractivity contribution in [1.82, 2.24) is 9.88 Å². The largest absolute Gasteiger partial charge is 0.383 e. The third kappa shape index (κ3) is 4.17. The Bertz CT molecular complexity index is 457. The maximum atomic E-state index is 12.7. The van der Waals surface area contributed by atoms with Crippen LogP contribution in [0.25, 0.3) is 0 Å². The van der Waals surface area contributed by atoms with Crippen molar-refractivity contribution in [2.45, 2.75) is 39.2 Å². The Morgan fingerprint density at radius 2 is 2.19 bits per heavy atom. The van der Waals surface area contributed by atoms with Gasteiger partial charge in [0.1, 0.15) is 0 Å². The lowest BCUT2D eigenvalue weighted by atomic mass is 10.1. The van der Waals surface area contributed by atoms with Gasteiger partial charge in [-0.25, -0.2) is 0 Å². The first-order valence-electron chi connectivity index (χ1n) is 7.85. The Labute approximate surface area is 126 Å². The molecule has 0 bridgehead atoms. The van der Waals surface area contributed by atoms with Gasteiger partial charge in [0.05, 0.1) is 23.6 Å². The molecular formula is C16H25N3O2. The van der Waals surface area contributed by atoms with E-state index in [-0.39, 0.29) is 5.91 Å². The van der Waals surface area contributed by atoms with Crippen molar-refractivity contribution < 1.29 is 9.53 Å². The Morgan fingerprint density at radius 1 is 1.43 bits per heavy atom. The van der Waals surface area contributed by atoms with E-state index in [0.29, 0.717) is 11.7 Å². The molecular weight excluding hydrogens is 266 g/mol. The van der Waals surface area contributed by atoms with E-state index in [9.17, 15) is 4.79 Å². The van der Waals surface area contributed by atoms with Crippen LogP contribution in [-0.4, -0.2) is 48.1 Å². The molecule has 21 heavy (non-hydrogen) atoms. The molecule has 5 nitrogen and oxygen atoms in total. The number of hydrogen-bond donors (Lipinski definition) is 1. The molecule has 1 aliphatic heterocycles. The van der Waals surface area contributed by atoms with Crippen LogP contribution in [0.4, 0.5) is 5.69 Å². The average molecular weight is 291 g/mol. The lowest BCUT2D eigenvalue weighted by Crippen LogP contribution is -2.41. The molecule has 5 heteroatoms. The van der Waals surface area contributed by atoms with Crippen LogP contribution in [-0.2, 0) is 4.74 Å². The van der Waals surface area contributed by atoms with Crippen LogP contribution >= 0.6 is 0 Å². The zero-order valence-electron chi connectivity index (χ0n) is 13.0. The molecule has 1 fully saturated rings. The lowest BCUT2D eigenvalue weighted by molar-refractivity contribution is 0.0146. The number of amides is 1. The Hall–Kier alpha value is -1.62. The summed E-state index contributed by atoms with van der Waals surface area (Å²) < 4.78 is 5.63. The summed E-state index contributed by atoms with van der Waals surface area (Å²) in [7, 11) is 0. The number of aromatic nitrogens is 1.